The van der Waals surface area contributed by atoms with Crippen molar-refractivity contribution in [2.75, 3.05) is 25.9 Å². The zero-order valence-corrected chi connectivity index (χ0v) is 19.7. The molecule has 168 valence electrons. The van der Waals surface area contributed by atoms with Crippen LogP contribution in [0.15, 0.2) is 54.6 Å². The Balaban J connectivity index is 1.63. The summed E-state index contributed by atoms with van der Waals surface area (Å²) in [6, 6.07) is 16.8. The zero-order chi connectivity index (χ0) is 22.9. The number of rotatable bonds is 5. The molecule has 1 saturated heterocycles. The highest BCUT2D eigenvalue weighted by Gasteiger charge is 2.31. The van der Waals surface area contributed by atoms with Gasteiger partial charge in [0.25, 0.3) is 5.91 Å². The van der Waals surface area contributed by atoms with Gasteiger partial charge in [0.2, 0.25) is 10.0 Å². The van der Waals surface area contributed by atoms with Gasteiger partial charge in [0.1, 0.15) is 0 Å². The molecule has 0 spiro atoms. The Morgan fingerprint density at radius 3 is 2.41 bits per heavy atom. The molecule has 0 unspecified atom stereocenters. The van der Waals surface area contributed by atoms with Gasteiger partial charge >= 0.3 is 0 Å². The van der Waals surface area contributed by atoms with Gasteiger partial charge in [-0.05, 0) is 37.1 Å². The van der Waals surface area contributed by atoms with Crippen molar-refractivity contribution in [3.05, 3.63) is 65.2 Å². The Morgan fingerprint density at radius 1 is 1.12 bits per heavy atom. The highest BCUT2D eigenvalue weighted by atomic mass is 35.5. The molecule has 6 nitrogen and oxygen atoms in total. The smallest absolute Gasteiger partial charge is 0.254 e. The molecular weight excluding hydrogens is 446 g/mol. The van der Waals surface area contributed by atoms with Crippen LogP contribution < -0.4 is 0 Å². The fourth-order valence-electron chi connectivity index (χ4n) is 4.41. The van der Waals surface area contributed by atoms with Crippen molar-refractivity contribution in [2.24, 2.45) is 0 Å². The summed E-state index contributed by atoms with van der Waals surface area (Å²) in [7, 11) is -3.26. The number of carbonyl (C=O) groups excluding carboxylic acids is 1. The predicted molar refractivity (Wildman–Crippen MR) is 128 cm³/mol. The average Bonchev–Trinajstić information content (AvgIpc) is 2.78. The van der Waals surface area contributed by atoms with E-state index in [1.165, 1.54) is 10.6 Å². The molecular formula is C24H26ClN3O3S. The number of piperidine rings is 1. The van der Waals surface area contributed by atoms with Gasteiger partial charge in [0, 0.05) is 41.6 Å². The average molecular weight is 472 g/mol. The van der Waals surface area contributed by atoms with Crippen molar-refractivity contribution in [1.82, 2.24) is 14.2 Å². The number of pyridine rings is 1. The van der Waals surface area contributed by atoms with E-state index in [-0.39, 0.29) is 11.9 Å². The number of para-hydroxylation sites is 1. The van der Waals surface area contributed by atoms with Crippen molar-refractivity contribution < 1.29 is 13.2 Å². The SMILES string of the molecule is CCN(C1CCN(C(=O)c2cc(-c3ccc(Cl)cc3)nc3ccccc23)CC1)S(C)(=O)=O. The number of nitrogens with zero attached hydrogens (tertiary/aromatic N) is 3. The highest BCUT2D eigenvalue weighted by Crippen LogP contribution is 2.28. The summed E-state index contributed by atoms with van der Waals surface area (Å²) < 4.78 is 25.7. The molecule has 1 aliphatic rings. The van der Waals surface area contributed by atoms with Crippen LogP contribution in [0.2, 0.25) is 5.02 Å². The lowest BCUT2D eigenvalue weighted by Crippen LogP contribution is -2.48. The first-order valence-corrected chi connectivity index (χ1v) is 12.9. The first-order valence-electron chi connectivity index (χ1n) is 10.7. The third-order valence-electron chi connectivity index (χ3n) is 5.98. The number of halogens is 1. The second-order valence-corrected chi connectivity index (χ2v) is 10.4. The number of sulfonamides is 1. The van der Waals surface area contributed by atoms with Crippen LogP contribution in [0.1, 0.15) is 30.1 Å². The second kappa shape index (κ2) is 9.17. The third kappa shape index (κ3) is 4.65. The van der Waals surface area contributed by atoms with Crippen LogP contribution in [-0.2, 0) is 10.0 Å². The molecule has 2 heterocycles. The molecule has 3 aromatic rings. The number of fused-ring (bicyclic) bond motifs is 1. The summed E-state index contributed by atoms with van der Waals surface area (Å²) in [4.78, 5) is 20.1. The minimum Gasteiger partial charge on any atom is -0.339 e. The van der Waals surface area contributed by atoms with Crippen molar-refractivity contribution >= 4 is 38.4 Å². The predicted octanol–water partition coefficient (Wildman–Crippen LogP) is 4.44. The van der Waals surface area contributed by atoms with Crippen molar-refractivity contribution in [2.45, 2.75) is 25.8 Å². The van der Waals surface area contributed by atoms with E-state index >= 15 is 0 Å². The Hall–Kier alpha value is -2.48. The molecule has 32 heavy (non-hydrogen) atoms. The largest absolute Gasteiger partial charge is 0.339 e. The van der Waals surface area contributed by atoms with Crippen molar-refractivity contribution in [1.29, 1.82) is 0 Å². The maximum atomic E-state index is 13.5. The first kappa shape index (κ1) is 22.7. The fourth-order valence-corrected chi connectivity index (χ4v) is 5.76. The molecule has 1 aromatic heterocycles. The van der Waals surface area contributed by atoms with E-state index in [1.807, 2.05) is 54.3 Å². The summed E-state index contributed by atoms with van der Waals surface area (Å²) in [6.07, 6.45) is 2.49. The Labute approximate surface area is 193 Å². The summed E-state index contributed by atoms with van der Waals surface area (Å²) in [5, 5.41) is 1.45. The lowest BCUT2D eigenvalue weighted by Gasteiger charge is -2.37. The van der Waals surface area contributed by atoms with E-state index in [0.29, 0.717) is 48.8 Å². The van der Waals surface area contributed by atoms with Crippen LogP contribution in [0.3, 0.4) is 0 Å². The van der Waals surface area contributed by atoms with Gasteiger partial charge < -0.3 is 4.90 Å². The summed E-state index contributed by atoms with van der Waals surface area (Å²) in [5.41, 5.74) is 2.97. The maximum Gasteiger partial charge on any atom is 0.254 e. The van der Waals surface area contributed by atoms with Gasteiger partial charge in [-0.15, -0.1) is 0 Å². The van der Waals surface area contributed by atoms with Crippen molar-refractivity contribution in [3.8, 4) is 11.3 Å². The molecule has 8 heteroatoms. The number of hydrogen-bond acceptors (Lipinski definition) is 4. The van der Waals surface area contributed by atoms with Crippen LogP contribution >= 0.6 is 11.6 Å². The van der Waals surface area contributed by atoms with Crippen LogP contribution in [0, 0.1) is 0 Å². The van der Waals surface area contributed by atoms with Crippen molar-refractivity contribution in [3.63, 3.8) is 0 Å². The van der Waals surface area contributed by atoms with Gasteiger partial charge in [-0.2, -0.15) is 4.31 Å². The third-order valence-corrected chi connectivity index (χ3v) is 7.64. The Morgan fingerprint density at radius 2 is 1.78 bits per heavy atom. The molecule has 1 aliphatic heterocycles. The lowest BCUT2D eigenvalue weighted by atomic mass is 10.0. The fraction of sp³-hybridized carbons (Fsp3) is 0.333. The summed E-state index contributed by atoms with van der Waals surface area (Å²) in [5.74, 6) is -0.0559. The molecule has 2 aromatic carbocycles. The zero-order valence-electron chi connectivity index (χ0n) is 18.2. The molecule has 0 N–H and O–H groups in total. The maximum absolute atomic E-state index is 13.5. The topological polar surface area (TPSA) is 70.6 Å². The van der Waals surface area contributed by atoms with E-state index in [0.717, 1.165) is 16.5 Å². The van der Waals surface area contributed by atoms with Crippen LogP contribution in [0.4, 0.5) is 0 Å². The Kier molecular flexibility index (Phi) is 6.51. The van der Waals surface area contributed by atoms with E-state index < -0.39 is 10.0 Å². The molecule has 4 rings (SSSR count). The minimum absolute atomic E-state index is 0.0559. The van der Waals surface area contributed by atoms with Crippen LogP contribution in [-0.4, -0.2) is 60.4 Å². The van der Waals surface area contributed by atoms with E-state index in [9.17, 15) is 13.2 Å². The summed E-state index contributed by atoms with van der Waals surface area (Å²) in [6.45, 7) is 3.32. The number of carbonyl (C=O) groups is 1. The normalized spacial score (nSPS) is 15.4. The van der Waals surface area contributed by atoms with E-state index in [1.54, 1.807) is 12.1 Å². The van der Waals surface area contributed by atoms with E-state index in [4.69, 9.17) is 16.6 Å². The molecule has 1 amide bonds. The van der Waals surface area contributed by atoms with Gasteiger partial charge in [0.05, 0.1) is 23.0 Å². The second-order valence-electron chi connectivity index (χ2n) is 8.07. The molecule has 0 atom stereocenters. The highest BCUT2D eigenvalue weighted by molar-refractivity contribution is 7.88. The first-order chi connectivity index (χ1) is 15.3. The number of benzene rings is 2. The summed E-state index contributed by atoms with van der Waals surface area (Å²) >= 11 is 6.03. The number of aromatic nitrogens is 1. The number of likely N-dealkylation sites (tertiary alicyclic amines) is 1. The number of amides is 1. The van der Waals surface area contributed by atoms with Crippen LogP contribution in [0.25, 0.3) is 22.2 Å². The monoisotopic (exact) mass is 471 g/mol. The molecule has 0 radical (unpaired) electrons. The molecule has 0 saturated carbocycles. The van der Waals surface area contributed by atoms with Gasteiger partial charge in [-0.25, -0.2) is 13.4 Å². The van der Waals surface area contributed by atoms with Gasteiger partial charge in [-0.3, -0.25) is 4.79 Å². The lowest BCUT2D eigenvalue weighted by molar-refractivity contribution is 0.0682. The van der Waals surface area contributed by atoms with Gasteiger partial charge in [-0.1, -0.05) is 48.9 Å². The molecule has 0 bridgehead atoms. The Bertz CT molecular complexity index is 1240. The quantitative estimate of drug-likeness (QED) is 0.551. The van der Waals surface area contributed by atoms with Crippen LogP contribution in [0.5, 0.6) is 0 Å². The minimum atomic E-state index is -3.26. The molecule has 0 aliphatic carbocycles. The van der Waals surface area contributed by atoms with E-state index in [2.05, 4.69) is 0 Å². The standard InChI is InChI=1S/C24H26ClN3O3S/c1-3-28(32(2,30)31)19-12-14-27(15-13-19)24(29)21-16-23(17-8-10-18(25)11-9-17)26-22-7-5-4-6-20(21)22/h4-11,16,19H,3,12-15H2,1-2H3. The van der Waals surface area contributed by atoms with Gasteiger partial charge in [0.15, 0.2) is 0 Å². The molecule has 1 fully saturated rings. The number of hydrogen-bond donors (Lipinski definition) is 0.